The van der Waals surface area contributed by atoms with E-state index in [0.717, 1.165) is 16.9 Å². The molecule has 8 nitrogen and oxygen atoms in total. The van der Waals surface area contributed by atoms with Gasteiger partial charge in [-0.05, 0) is 38.0 Å². The van der Waals surface area contributed by atoms with Crippen LogP contribution in [0.25, 0.3) is 16.7 Å². The molecule has 0 aliphatic carbocycles. The molecule has 1 amide bonds. The van der Waals surface area contributed by atoms with Gasteiger partial charge < -0.3 is 5.32 Å². The third kappa shape index (κ3) is 3.77. The van der Waals surface area contributed by atoms with Gasteiger partial charge in [0, 0.05) is 30.4 Å². The van der Waals surface area contributed by atoms with Crippen LogP contribution < -0.4 is 10.9 Å². The molecule has 1 atom stereocenters. The van der Waals surface area contributed by atoms with E-state index in [-0.39, 0.29) is 42.0 Å². The summed E-state index contributed by atoms with van der Waals surface area (Å²) >= 11 is 0. The maximum atomic E-state index is 13.1. The van der Waals surface area contributed by atoms with Crippen molar-refractivity contribution in [2.45, 2.75) is 39.3 Å². The van der Waals surface area contributed by atoms with Gasteiger partial charge >= 0.3 is 0 Å². The van der Waals surface area contributed by atoms with E-state index in [1.54, 1.807) is 0 Å². The van der Waals surface area contributed by atoms with Gasteiger partial charge in [0.15, 0.2) is 15.5 Å². The van der Waals surface area contributed by atoms with Crippen molar-refractivity contribution in [2.75, 3.05) is 11.5 Å². The molecule has 2 aromatic heterocycles. The number of aryl methyl sites for hydroxylation is 2. The van der Waals surface area contributed by atoms with E-state index in [2.05, 4.69) is 10.3 Å². The van der Waals surface area contributed by atoms with Crippen LogP contribution in [-0.2, 0) is 21.2 Å². The van der Waals surface area contributed by atoms with Crippen LogP contribution in [0.4, 0.5) is 0 Å². The summed E-state index contributed by atoms with van der Waals surface area (Å²) in [5.41, 5.74) is 3.15. The van der Waals surface area contributed by atoms with Crippen molar-refractivity contribution in [2.24, 2.45) is 0 Å². The van der Waals surface area contributed by atoms with Gasteiger partial charge in [0.2, 0.25) is 5.91 Å². The van der Waals surface area contributed by atoms with Gasteiger partial charge in [-0.3, -0.25) is 18.7 Å². The van der Waals surface area contributed by atoms with Crippen molar-refractivity contribution < 1.29 is 13.2 Å². The van der Waals surface area contributed by atoms with Gasteiger partial charge in [-0.2, -0.15) is 0 Å². The molecule has 3 heterocycles. The Morgan fingerprint density at radius 1 is 1.23 bits per heavy atom. The molecule has 0 spiro atoms. The van der Waals surface area contributed by atoms with Crippen LogP contribution in [0.2, 0.25) is 0 Å². The monoisotopic (exact) mass is 428 g/mol. The molecule has 3 aromatic rings. The molecular formula is C21H24N4O4S. The number of fused-ring (bicyclic) bond motifs is 1. The van der Waals surface area contributed by atoms with Crippen LogP contribution in [0.1, 0.15) is 24.1 Å². The highest BCUT2D eigenvalue weighted by Gasteiger charge is 2.28. The van der Waals surface area contributed by atoms with E-state index in [1.165, 1.54) is 10.9 Å². The van der Waals surface area contributed by atoms with Crippen LogP contribution in [-0.4, -0.2) is 46.0 Å². The molecule has 0 bridgehead atoms. The number of nitrogens with one attached hydrogen (secondary N) is 1. The van der Waals surface area contributed by atoms with E-state index in [0.29, 0.717) is 17.5 Å². The lowest BCUT2D eigenvalue weighted by Gasteiger charge is -2.11. The summed E-state index contributed by atoms with van der Waals surface area (Å²) in [5, 5.41) is 3.29. The van der Waals surface area contributed by atoms with Crippen LogP contribution in [0.5, 0.6) is 0 Å². The highest BCUT2D eigenvalue weighted by Crippen LogP contribution is 2.24. The second-order valence-corrected chi connectivity index (χ2v) is 9.97. The summed E-state index contributed by atoms with van der Waals surface area (Å²) in [7, 11) is -3.05. The van der Waals surface area contributed by atoms with Gasteiger partial charge in [-0.1, -0.05) is 18.2 Å². The van der Waals surface area contributed by atoms with E-state index in [4.69, 9.17) is 0 Å². The third-order valence-corrected chi connectivity index (χ3v) is 7.44. The van der Waals surface area contributed by atoms with Crippen molar-refractivity contribution >= 4 is 26.8 Å². The van der Waals surface area contributed by atoms with Crippen molar-refractivity contribution in [1.29, 1.82) is 0 Å². The van der Waals surface area contributed by atoms with E-state index in [9.17, 15) is 18.0 Å². The Kier molecular flexibility index (Phi) is 5.23. The number of nitrogens with zero attached hydrogens (tertiary/aromatic N) is 3. The average Bonchev–Trinajstić information content (AvgIpc) is 3.18. The van der Waals surface area contributed by atoms with Crippen LogP contribution in [0.3, 0.4) is 0 Å². The topological polar surface area (TPSA) is 103 Å². The largest absolute Gasteiger partial charge is 0.352 e. The lowest BCUT2D eigenvalue weighted by Crippen LogP contribution is -2.36. The minimum Gasteiger partial charge on any atom is -0.352 e. The Hall–Kier alpha value is -2.94. The minimum absolute atomic E-state index is 0.0162. The maximum Gasteiger partial charge on any atom is 0.263 e. The Morgan fingerprint density at radius 2 is 1.97 bits per heavy atom. The second-order valence-electron chi connectivity index (χ2n) is 7.74. The molecule has 1 aromatic carbocycles. The minimum atomic E-state index is -3.05. The van der Waals surface area contributed by atoms with Gasteiger partial charge in [-0.15, -0.1) is 0 Å². The zero-order valence-electron chi connectivity index (χ0n) is 17.0. The number of carbonyl (C=O) groups excluding carboxylic acids is 1. The number of hydrogen-bond donors (Lipinski definition) is 1. The molecule has 0 saturated carbocycles. The summed E-state index contributed by atoms with van der Waals surface area (Å²) in [4.78, 5) is 29.8. The lowest BCUT2D eigenvalue weighted by molar-refractivity contribution is -0.121. The maximum absolute atomic E-state index is 13.1. The Balaban J connectivity index is 1.56. The summed E-state index contributed by atoms with van der Waals surface area (Å²) in [6, 6.07) is 9.39. The number of hydrogen-bond acceptors (Lipinski definition) is 5. The fraction of sp³-hybridized carbons (Fsp3) is 0.381. The molecule has 1 N–H and O–H groups in total. The third-order valence-electron chi connectivity index (χ3n) is 5.67. The first kappa shape index (κ1) is 20.3. The molecule has 158 valence electrons. The van der Waals surface area contributed by atoms with Gasteiger partial charge in [0.05, 0.1) is 23.2 Å². The summed E-state index contributed by atoms with van der Waals surface area (Å²) < 4.78 is 26.5. The lowest BCUT2D eigenvalue weighted by atomic mass is 10.2. The zero-order chi connectivity index (χ0) is 21.5. The summed E-state index contributed by atoms with van der Waals surface area (Å²) in [6.07, 6.45) is 1.99. The van der Waals surface area contributed by atoms with Crippen molar-refractivity contribution in [3.63, 3.8) is 0 Å². The van der Waals surface area contributed by atoms with E-state index in [1.807, 2.05) is 48.7 Å². The molecule has 30 heavy (non-hydrogen) atoms. The molecule has 1 aliphatic rings. The first-order chi connectivity index (χ1) is 14.3. The van der Waals surface area contributed by atoms with Crippen molar-refractivity contribution in [3.8, 4) is 5.69 Å². The predicted octanol–water partition coefficient (Wildman–Crippen LogP) is 1.50. The molecular weight excluding hydrogens is 404 g/mol. The highest BCUT2D eigenvalue weighted by molar-refractivity contribution is 7.91. The molecule has 1 aliphatic heterocycles. The first-order valence-corrected chi connectivity index (χ1v) is 11.7. The number of para-hydroxylation sites is 1. The Labute approximate surface area is 174 Å². The van der Waals surface area contributed by atoms with Gasteiger partial charge in [-0.25, -0.2) is 13.4 Å². The number of aromatic nitrogens is 3. The zero-order valence-corrected chi connectivity index (χ0v) is 17.8. The first-order valence-electron chi connectivity index (χ1n) is 9.89. The van der Waals surface area contributed by atoms with E-state index >= 15 is 0 Å². The average molecular weight is 429 g/mol. The fourth-order valence-corrected chi connectivity index (χ4v) is 5.64. The van der Waals surface area contributed by atoms with Crippen LogP contribution >= 0.6 is 0 Å². The van der Waals surface area contributed by atoms with Crippen molar-refractivity contribution in [1.82, 2.24) is 19.4 Å². The molecule has 1 saturated heterocycles. The molecule has 0 unspecified atom stereocenters. The summed E-state index contributed by atoms with van der Waals surface area (Å²) in [6.45, 7) is 4.04. The Bertz CT molecular complexity index is 1280. The van der Waals surface area contributed by atoms with Gasteiger partial charge in [0.25, 0.3) is 5.56 Å². The highest BCUT2D eigenvalue weighted by atomic mass is 32.2. The number of rotatable bonds is 5. The van der Waals surface area contributed by atoms with Gasteiger partial charge in [0.1, 0.15) is 0 Å². The number of sulfone groups is 1. The molecule has 9 heteroatoms. The standard InChI is InChI=1S/C21H24N4O4S/c1-14-15(2)25(17-6-4-3-5-7-17)20-19(14)21(27)24(13-22-20)10-8-18(26)23-16-9-11-30(28,29)12-16/h3-7,13,16H,8-12H2,1-2H3,(H,23,26)/t16-/m1/s1. The summed E-state index contributed by atoms with van der Waals surface area (Å²) in [5.74, 6) is -0.175. The molecule has 4 rings (SSSR count). The number of amides is 1. The van der Waals surface area contributed by atoms with Crippen molar-refractivity contribution in [3.05, 3.63) is 58.3 Å². The normalized spacial score (nSPS) is 18.0. The van der Waals surface area contributed by atoms with Crippen LogP contribution in [0.15, 0.2) is 41.5 Å². The number of carbonyl (C=O) groups is 1. The second kappa shape index (κ2) is 7.71. The quantitative estimate of drug-likeness (QED) is 0.663. The predicted molar refractivity (Wildman–Crippen MR) is 115 cm³/mol. The molecule has 0 radical (unpaired) electrons. The SMILES string of the molecule is Cc1c(C)n(-c2ccccc2)c2ncn(CCC(=O)N[C@@H]3CCS(=O)(=O)C3)c(=O)c12. The smallest absolute Gasteiger partial charge is 0.263 e. The number of benzene rings is 1. The molecule has 1 fully saturated rings. The Morgan fingerprint density at radius 3 is 2.63 bits per heavy atom. The van der Waals surface area contributed by atoms with Crippen LogP contribution in [0, 0.1) is 13.8 Å². The van der Waals surface area contributed by atoms with E-state index < -0.39 is 9.84 Å². The fourth-order valence-electron chi connectivity index (χ4n) is 3.97.